The summed E-state index contributed by atoms with van der Waals surface area (Å²) in [7, 11) is -0.943. The molecule has 0 radical (unpaired) electrons. The second-order valence-electron chi connectivity index (χ2n) is 8.53. The standard InChI is InChI=1S/C21H47P/c1-6-8-10-12-14-16-18-20-21(22(3,4)5)19-17-15-13-11-9-7-2/h21-22H,6-20H2,1-5H3. The minimum atomic E-state index is -0.943. The van der Waals surface area contributed by atoms with E-state index in [-0.39, 0.29) is 0 Å². The van der Waals surface area contributed by atoms with Crippen LogP contribution in [0.2, 0.25) is 0 Å². The molecule has 1 heteroatoms. The quantitative estimate of drug-likeness (QED) is 0.199. The Kier molecular flexibility index (Phi) is 15.3. The normalized spacial score (nSPS) is 14.2. The zero-order valence-electron chi connectivity index (χ0n) is 16.7. The van der Waals surface area contributed by atoms with Crippen molar-refractivity contribution >= 4 is 7.26 Å². The van der Waals surface area contributed by atoms with Gasteiger partial charge in [0, 0.05) is 0 Å². The van der Waals surface area contributed by atoms with Crippen LogP contribution in [-0.4, -0.2) is 25.7 Å². The molecule has 0 aliphatic rings. The van der Waals surface area contributed by atoms with Crippen molar-refractivity contribution < 1.29 is 0 Å². The van der Waals surface area contributed by atoms with E-state index in [1.165, 1.54) is 96.3 Å². The average Bonchev–Trinajstić information content (AvgIpc) is 2.46. The third-order valence-electron chi connectivity index (χ3n) is 5.29. The summed E-state index contributed by atoms with van der Waals surface area (Å²) in [4.78, 5) is 0. The molecule has 0 saturated carbocycles. The summed E-state index contributed by atoms with van der Waals surface area (Å²) < 4.78 is 0. The third-order valence-corrected chi connectivity index (χ3v) is 8.31. The van der Waals surface area contributed by atoms with Gasteiger partial charge in [0.05, 0.1) is 0 Å². The predicted octanol–water partition coefficient (Wildman–Crippen LogP) is 7.89. The van der Waals surface area contributed by atoms with Crippen molar-refractivity contribution in [3.63, 3.8) is 0 Å². The maximum absolute atomic E-state index is 2.59. The van der Waals surface area contributed by atoms with Crippen LogP contribution >= 0.6 is 7.26 Å². The Balaban J connectivity index is 3.71. The van der Waals surface area contributed by atoms with Gasteiger partial charge in [-0.2, -0.15) is 0 Å². The Morgan fingerprint density at radius 1 is 0.500 bits per heavy atom. The first-order valence-electron chi connectivity index (χ1n) is 10.5. The molecule has 1 unspecified atom stereocenters. The van der Waals surface area contributed by atoms with Crippen LogP contribution in [0.3, 0.4) is 0 Å². The summed E-state index contributed by atoms with van der Waals surface area (Å²) in [6.45, 7) is 12.4. The van der Waals surface area contributed by atoms with Crippen molar-refractivity contribution in [2.75, 3.05) is 20.0 Å². The molecule has 0 rings (SSSR count). The van der Waals surface area contributed by atoms with E-state index in [1.807, 2.05) is 0 Å². The summed E-state index contributed by atoms with van der Waals surface area (Å²) >= 11 is 0. The van der Waals surface area contributed by atoms with Gasteiger partial charge in [-0.15, -0.1) is 0 Å². The molecule has 0 nitrogen and oxygen atoms in total. The summed E-state index contributed by atoms with van der Waals surface area (Å²) in [5.41, 5.74) is 1.08. The van der Waals surface area contributed by atoms with E-state index >= 15 is 0 Å². The fourth-order valence-electron chi connectivity index (χ4n) is 3.53. The van der Waals surface area contributed by atoms with Crippen molar-refractivity contribution in [3.05, 3.63) is 0 Å². The molecular weight excluding hydrogens is 283 g/mol. The molecular formula is C21H47P. The van der Waals surface area contributed by atoms with Gasteiger partial charge in [-0.05, 0) is 0 Å². The minimum absolute atomic E-state index is 0.943. The van der Waals surface area contributed by atoms with Crippen LogP contribution in [0.4, 0.5) is 0 Å². The van der Waals surface area contributed by atoms with Crippen LogP contribution in [-0.2, 0) is 0 Å². The van der Waals surface area contributed by atoms with Gasteiger partial charge in [0.2, 0.25) is 0 Å². The van der Waals surface area contributed by atoms with E-state index in [0.717, 1.165) is 5.66 Å². The predicted molar refractivity (Wildman–Crippen MR) is 110 cm³/mol. The number of hydrogen-bond acceptors (Lipinski definition) is 0. The first kappa shape index (κ1) is 22.4. The SMILES string of the molecule is CCCCCCCCCC(CCCCCCCC)[PH](C)(C)C. The van der Waals surface area contributed by atoms with E-state index in [4.69, 9.17) is 0 Å². The molecule has 0 aromatic carbocycles. The van der Waals surface area contributed by atoms with Crippen LogP contribution in [0.5, 0.6) is 0 Å². The van der Waals surface area contributed by atoms with Crippen molar-refractivity contribution in [2.24, 2.45) is 0 Å². The van der Waals surface area contributed by atoms with Crippen LogP contribution in [0.15, 0.2) is 0 Å². The summed E-state index contributed by atoms with van der Waals surface area (Å²) in [5.74, 6) is 0. The molecule has 0 amide bonds. The van der Waals surface area contributed by atoms with Crippen LogP contribution in [0.1, 0.15) is 110 Å². The van der Waals surface area contributed by atoms with E-state index in [9.17, 15) is 0 Å². The topological polar surface area (TPSA) is 0 Å². The fraction of sp³-hybridized carbons (Fsp3) is 1.00. The molecule has 0 aromatic rings. The molecule has 0 aliphatic heterocycles. The Morgan fingerprint density at radius 2 is 0.818 bits per heavy atom. The molecule has 0 bridgehead atoms. The van der Waals surface area contributed by atoms with Crippen molar-refractivity contribution in [1.82, 2.24) is 0 Å². The van der Waals surface area contributed by atoms with Crippen molar-refractivity contribution in [1.29, 1.82) is 0 Å². The Labute approximate surface area is 143 Å². The molecule has 0 spiro atoms. The third kappa shape index (κ3) is 14.0. The first-order chi connectivity index (χ1) is 10.5. The second-order valence-corrected chi connectivity index (χ2v) is 14.1. The van der Waals surface area contributed by atoms with Crippen molar-refractivity contribution in [3.8, 4) is 0 Å². The molecule has 0 aromatic heterocycles. The summed E-state index contributed by atoms with van der Waals surface area (Å²) in [5, 5.41) is 0. The summed E-state index contributed by atoms with van der Waals surface area (Å²) in [6.07, 6.45) is 22.0. The first-order valence-corrected chi connectivity index (χ1v) is 14.1. The molecule has 22 heavy (non-hydrogen) atoms. The van der Waals surface area contributed by atoms with Gasteiger partial charge >= 0.3 is 143 Å². The second kappa shape index (κ2) is 15.0. The zero-order valence-corrected chi connectivity index (χ0v) is 17.7. The van der Waals surface area contributed by atoms with E-state index in [1.54, 1.807) is 0 Å². The van der Waals surface area contributed by atoms with E-state index in [0.29, 0.717) is 0 Å². The van der Waals surface area contributed by atoms with Gasteiger partial charge < -0.3 is 0 Å². The molecule has 1 atom stereocenters. The van der Waals surface area contributed by atoms with Gasteiger partial charge in [-0.3, -0.25) is 0 Å². The van der Waals surface area contributed by atoms with Gasteiger partial charge in [-0.25, -0.2) is 0 Å². The Bertz CT molecular complexity index is 216. The molecule has 0 fully saturated rings. The van der Waals surface area contributed by atoms with Gasteiger partial charge in [0.25, 0.3) is 0 Å². The average molecular weight is 331 g/mol. The van der Waals surface area contributed by atoms with Gasteiger partial charge in [0.1, 0.15) is 0 Å². The summed E-state index contributed by atoms with van der Waals surface area (Å²) in [6, 6.07) is 0. The fourth-order valence-corrected chi connectivity index (χ4v) is 5.67. The van der Waals surface area contributed by atoms with Crippen molar-refractivity contribution in [2.45, 2.75) is 116 Å². The number of hydrogen-bond donors (Lipinski definition) is 0. The number of rotatable bonds is 16. The molecule has 0 saturated heterocycles. The Morgan fingerprint density at radius 3 is 1.14 bits per heavy atom. The number of unbranched alkanes of at least 4 members (excludes halogenated alkanes) is 11. The van der Waals surface area contributed by atoms with Crippen LogP contribution < -0.4 is 0 Å². The van der Waals surface area contributed by atoms with Gasteiger partial charge in [0.15, 0.2) is 0 Å². The van der Waals surface area contributed by atoms with E-state index < -0.39 is 7.26 Å². The Hall–Kier alpha value is 0.430. The van der Waals surface area contributed by atoms with Crippen LogP contribution in [0.25, 0.3) is 0 Å². The van der Waals surface area contributed by atoms with Crippen LogP contribution in [0, 0.1) is 0 Å². The zero-order chi connectivity index (χ0) is 16.7. The monoisotopic (exact) mass is 330 g/mol. The van der Waals surface area contributed by atoms with E-state index in [2.05, 4.69) is 33.8 Å². The molecule has 0 aliphatic carbocycles. The molecule has 136 valence electrons. The maximum atomic E-state index is 2.59. The van der Waals surface area contributed by atoms with Gasteiger partial charge in [-0.1, -0.05) is 0 Å². The molecule has 0 heterocycles. The molecule has 0 N–H and O–H groups in total.